The lowest BCUT2D eigenvalue weighted by atomic mass is 9.76. The lowest BCUT2D eigenvalue weighted by Gasteiger charge is -2.31. The summed E-state index contributed by atoms with van der Waals surface area (Å²) in [6.07, 6.45) is 2.75. The maximum atomic E-state index is 13.2. The monoisotopic (exact) mass is 480 g/mol. The van der Waals surface area contributed by atoms with E-state index in [1.54, 1.807) is 4.90 Å². The molecule has 7 heteroatoms. The number of quaternary nitrogens is 2. The zero-order chi connectivity index (χ0) is 24.0. The number of para-hydroxylation sites is 1. The Morgan fingerprint density at radius 1 is 1.06 bits per heavy atom. The topological polar surface area (TPSA) is 71.4 Å². The van der Waals surface area contributed by atoms with E-state index < -0.39 is 0 Å². The van der Waals surface area contributed by atoms with Gasteiger partial charge in [-0.1, -0.05) is 44.3 Å². The van der Waals surface area contributed by atoms with Crippen LogP contribution in [-0.2, 0) is 9.53 Å². The number of allylic oxidation sites excluding steroid dienone is 1. The van der Waals surface area contributed by atoms with E-state index in [0.29, 0.717) is 11.4 Å². The summed E-state index contributed by atoms with van der Waals surface area (Å²) >= 11 is 5.77. The molecule has 2 aromatic rings. The minimum Gasteiger partial charge on any atom is -0.370 e. The van der Waals surface area contributed by atoms with Crippen molar-refractivity contribution in [2.24, 2.45) is 11.3 Å². The van der Waals surface area contributed by atoms with Gasteiger partial charge in [0.25, 0.3) is 0 Å². The molecule has 180 valence electrons. The van der Waals surface area contributed by atoms with Crippen molar-refractivity contribution in [3.63, 3.8) is 0 Å². The van der Waals surface area contributed by atoms with Crippen LogP contribution in [0.15, 0.2) is 66.4 Å². The summed E-state index contributed by atoms with van der Waals surface area (Å²) in [7, 11) is 0. The summed E-state index contributed by atoms with van der Waals surface area (Å²) in [5.41, 5.74) is 3.83. The van der Waals surface area contributed by atoms with Crippen LogP contribution in [0.3, 0.4) is 0 Å². The second-order valence-electron chi connectivity index (χ2n) is 9.87. The van der Waals surface area contributed by atoms with Crippen molar-refractivity contribution >= 4 is 40.1 Å². The predicted octanol–water partition coefficient (Wildman–Crippen LogP) is 2.15. The van der Waals surface area contributed by atoms with Gasteiger partial charge in [0, 0.05) is 23.5 Å². The highest BCUT2D eigenvalue weighted by Gasteiger charge is 2.39. The first-order valence-electron chi connectivity index (χ1n) is 12.1. The summed E-state index contributed by atoms with van der Waals surface area (Å²) in [6.45, 7) is 10.0. The molecule has 0 unspecified atom stereocenters. The maximum Gasteiger partial charge on any atom is 0.153 e. The van der Waals surface area contributed by atoms with E-state index in [1.165, 1.54) is 0 Å². The Hall–Kier alpha value is -2.58. The van der Waals surface area contributed by atoms with E-state index in [1.807, 2.05) is 54.6 Å². The molecule has 1 saturated heterocycles. The molecule has 4 rings (SSSR count). The molecule has 0 spiro atoms. The summed E-state index contributed by atoms with van der Waals surface area (Å²) in [5, 5.41) is 8.94. The van der Waals surface area contributed by atoms with Gasteiger partial charge in [-0.15, -0.1) is 0 Å². The van der Waals surface area contributed by atoms with Gasteiger partial charge >= 0.3 is 0 Å². The highest BCUT2D eigenvalue weighted by molar-refractivity contribution is 7.80. The largest absolute Gasteiger partial charge is 0.370 e. The van der Waals surface area contributed by atoms with E-state index in [0.717, 1.165) is 62.2 Å². The third-order valence-electron chi connectivity index (χ3n) is 6.40. The third-order valence-corrected chi connectivity index (χ3v) is 6.74. The van der Waals surface area contributed by atoms with Crippen molar-refractivity contribution in [1.82, 2.24) is 0 Å². The molecule has 0 aromatic heterocycles. The van der Waals surface area contributed by atoms with Crippen LogP contribution in [0.5, 0.6) is 0 Å². The van der Waals surface area contributed by atoms with Crippen molar-refractivity contribution in [2.45, 2.75) is 20.3 Å². The Morgan fingerprint density at radius 3 is 2.41 bits per heavy atom. The summed E-state index contributed by atoms with van der Waals surface area (Å²) in [4.78, 5) is 15.3. The van der Waals surface area contributed by atoms with Crippen LogP contribution in [-0.4, -0.2) is 50.2 Å². The predicted molar refractivity (Wildman–Crippen MR) is 141 cm³/mol. The van der Waals surface area contributed by atoms with Crippen LogP contribution in [0, 0.1) is 11.3 Å². The second-order valence-corrected chi connectivity index (χ2v) is 10.3. The quantitative estimate of drug-likeness (QED) is 0.436. The van der Waals surface area contributed by atoms with Crippen molar-refractivity contribution in [3.8, 4) is 0 Å². The number of anilines is 3. The van der Waals surface area contributed by atoms with Gasteiger partial charge in [0.1, 0.15) is 42.8 Å². The van der Waals surface area contributed by atoms with E-state index in [4.69, 9.17) is 17.0 Å². The maximum absolute atomic E-state index is 13.2. The smallest absolute Gasteiger partial charge is 0.153 e. The van der Waals surface area contributed by atoms with Gasteiger partial charge in [-0.25, -0.2) is 0 Å². The van der Waals surface area contributed by atoms with Crippen LogP contribution in [0.2, 0.25) is 0 Å². The third kappa shape index (κ3) is 6.73. The molecule has 2 aliphatic rings. The van der Waals surface area contributed by atoms with E-state index in [9.17, 15) is 4.79 Å². The number of Topliss-reactive ketones (excluding diaryl/α,β-unsaturated/α-hetero) is 1. The second kappa shape index (κ2) is 11.2. The minimum atomic E-state index is -0.384. The Labute approximate surface area is 207 Å². The van der Waals surface area contributed by atoms with E-state index in [-0.39, 0.29) is 17.1 Å². The standard InChI is InChI=1S/C27H34N4O2S/c1-27(2)18-23(28-12-13-31-14-16-33-17-15-31)25(24(32)19-27)26(34)30-22-10-8-21(9-11-22)29-20-6-4-3-5-7-20/h3-11,18,25,28-29H,12-17,19H2,1-2H3,(H,30,34)/p+2/t25-/m0/s1. The fraction of sp³-hybridized carbons (Fsp3) is 0.407. The molecule has 0 radical (unpaired) electrons. The molecule has 0 amide bonds. The molecule has 0 saturated carbocycles. The number of ketones is 1. The number of hydrogen-bond donors (Lipinski definition) is 4. The van der Waals surface area contributed by atoms with Crippen LogP contribution in [0.4, 0.5) is 17.1 Å². The summed E-state index contributed by atoms with van der Waals surface area (Å²) in [5.74, 6) is -0.192. The number of nitrogens with one attached hydrogen (secondary N) is 3. The first-order chi connectivity index (χ1) is 16.4. The molecular formula is C27H36N4O2S+2. The van der Waals surface area contributed by atoms with Crippen molar-refractivity contribution in [2.75, 3.05) is 50.0 Å². The number of ether oxygens (including phenoxy) is 1. The van der Waals surface area contributed by atoms with Crippen molar-refractivity contribution in [3.05, 3.63) is 66.4 Å². The lowest BCUT2D eigenvalue weighted by molar-refractivity contribution is -0.918. The Balaban J connectivity index is 1.39. The molecule has 1 aliphatic carbocycles. The fourth-order valence-electron chi connectivity index (χ4n) is 4.69. The zero-order valence-corrected chi connectivity index (χ0v) is 20.9. The number of carbonyl (C=O) groups is 1. The Morgan fingerprint density at radius 2 is 1.71 bits per heavy atom. The number of carbonyl (C=O) groups excluding carboxylic acids is 1. The first kappa shape index (κ1) is 24.5. The van der Waals surface area contributed by atoms with Crippen LogP contribution >= 0.6 is 12.2 Å². The van der Waals surface area contributed by atoms with E-state index >= 15 is 0 Å². The van der Waals surface area contributed by atoms with Gasteiger partial charge in [-0.3, -0.25) is 4.79 Å². The lowest BCUT2D eigenvalue weighted by Crippen LogP contribution is -3.16. The normalized spacial score (nSPS) is 20.5. The van der Waals surface area contributed by atoms with Crippen LogP contribution in [0.25, 0.3) is 0 Å². The van der Waals surface area contributed by atoms with Crippen LogP contribution in [0.1, 0.15) is 20.3 Å². The number of thiocarbonyl (C=S) groups is 1. The summed E-state index contributed by atoms with van der Waals surface area (Å²) < 4.78 is 5.46. The zero-order valence-electron chi connectivity index (χ0n) is 20.1. The van der Waals surface area contributed by atoms with Crippen LogP contribution < -0.4 is 20.9 Å². The average Bonchev–Trinajstić information content (AvgIpc) is 2.81. The molecule has 34 heavy (non-hydrogen) atoms. The molecule has 6 nitrogen and oxygen atoms in total. The Bertz CT molecular complexity index is 1010. The molecular weight excluding hydrogens is 444 g/mol. The highest BCUT2D eigenvalue weighted by atomic mass is 32.1. The number of hydrogen-bond acceptors (Lipinski definition) is 4. The fourth-order valence-corrected chi connectivity index (χ4v) is 5.07. The van der Waals surface area contributed by atoms with Gasteiger partial charge in [-0.05, 0) is 47.9 Å². The SMILES string of the molecule is CC1(C)C=C([NH2+]CC[NH+]2CCOCC2)[C@H](C(=S)Nc2ccc(Nc3ccccc3)cc2)C(=O)C1. The average molecular weight is 481 g/mol. The highest BCUT2D eigenvalue weighted by Crippen LogP contribution is 2.33. The van der Waals surface area contributed by atoms with Crippen molar-refractivity contribution in [1.29, 1.82) is 0 Å². The number of rotatable bonds is 8. The Kier molecular flexibility index (Phi) is 8.11. The number of nitrogens with two attached hydrogens (primary N) is 1. The summed E-state index contributed by atoms with van der Waals surface area (Å²) in [6, 6.07) is 18.1. The molecule has 0 bridgehead atoms. The van der Waals surface area contributed by atoms with Gasteiger partial charge in [0.2, 0.25) is 0 Å². The van der Waals surface area contributed by atoms with E-state index in [2.05, 4.69) is 35.9 Å². The molecule has 1 atom stereocenters. The van der Waals surface area contributed by atoms with Gasteiger partial charge < -0.3 is 25.6 Å². The van der Waals surface area contributed by atoms with Gasteiger partial charge in [0.15, 0.2) is 5.78 Å². The van der Waals surface area contributed by atoms with Crippen molar-refractivity contribution < 1.29 is 19.7 Å². The number of morpholine rings is 1. The van der Waals surface area contributed by atoms with Gasteiger partial charge in [-0.2, -0.15) is 0 Å². The molecule has 1 heterocycles. The molecule has 5 N–H and O–H groups in total. The first-order valence-corrected chi connectivity index (χ1v) is 12.5. The molecule has 2 aromatic carbocycles. The minimum absolute atomic E-state index is 0.147. The number of benzene rings is 2. The van der Waals surface area contributed by atoms with Gasteiger partial charge in [0.05, 0.1) is 13.2 Å². The molecule has 1 aliphatic heterocycles. The molecule has 1 fully saturated rings.